The fraction of sp³-hybridized carbons (Fsp3) is 0.312. The number of aryl methyl sites for hydroxylation is 1. The molecule has 0 N–H and O–H groups in total. The maximum Gasteiger partial charge on any atom is 0.279 e. The SMILES string of the molecule is Cn1ccsc1=NC(=O)c1ccc(CN2CCCC2=O)cc1. The first-order valence-corrected chi connectivity index (χ1v) is 8.07. The highest BCUT2D eigenvalue weighted by atomic mass is 32.1. The van der Waals surface area contributed by atoms with E-state index in [9.17, 15) is 9.59 Å². The average molecular weight is 315 g/mol. The molecule has 0 saturated carbocycles. The van der Waals surface area contributed by atoms with Crippen LogP contribution in [0.5, 0.6) is 0 Å². The van der Waals surface area contributed by atoms with Crippen molar-refractivity contribution in [2.24, 2.45) is 12.0 Å². The van der Waals surface area contributed by atoms with Crippen molar-refractivity contribution < 1.29 is 9.59 Å². The smallest absolute Gasteiger partial charge is 0.279 e. The predicted octanol–water partition coefficient (Wildman–Crippen LogP) is 1.95. The monoisotopic (exact) mass is 315 g/mol. The van der Waals surface area contributed by atoms with Crippen LogP contribution >= 0.6 is 11.3 Å². The molecule has 1 aliphatic heterocycles. The normalized spacial score (nSPS) is 15.6. The molecule has 0 aliphatic carbocycles. The highest BCUT2D eigenvalue weighted by Gasteiger charge is 2.19. The summed E-state index contributed by atoms with van der Waals surface area (Å²) in [5, 5.41) is 1.89. The highest BCUT2D eigenvalue weighted by molar-refractivity contribution is 7.07. The Hall–Kier alpha value is -2.21. The van der Waals surface area contributed by atoms with Crippen LogP contribution in [0.4, 0.5) is 0 Å². The van der Waals surface area contributed by atoms with Gasteiger partial charge in [0.1, 0.15) is 0 Å². The van der Waals surface area contributed by atoms with Crippen molar-refractivity contribution in [3.63, 3.8) is 0 Å². The Balaban J connectivity index is 1.73. The maximum atomic E-state index is 12.1. The van der Waals surface area contributed by atoms with E-state index in [4.69, 9.17) is 0 Å². The number of rotatable bonds is 3. The van der Waals surface area contributed by atoms with E-state index in [0.29, 0.717) is 23.3 Å². The van der Waals surface area contributed by atoms with Crippen molar-refractivity contribution in [1.29, 1.82) is 0 Å². The largest absolute Gasteiger partial charge is 0.338 e. The Bertz CT molecular complexity index is 758. The van der Waals surface area contributed by atoms with E-state index in [1.54, 1.807) is 12.1 Å². The van der Waals surface area contributed by atoms with Gasteiger partial charge in [-0.05, 0) is 24.1 Å². The molecule has 0 spiro atoms. The van der Waals surface area contributed by atoms with Crippen molar-refractivity contribution >= 4 is 23.2 Å². The van der Waals surface area contributed by atoms with Crippen molar-refractivity contribution in [2.45, 2.75) is 19.4 Å². The van der Waals surface area contributed by atoms with Gasteiger partial charge in [-0.1, -0.05) is 12.1 Å². The van der Waals surface area contributed by atoms with Gasteiger partial charge in [-0.15, -0.1) is 11.3 Å². The van der Waals surface area contributed by atoms with Crippen LogP contribution in [0.1, 0.15) is 28.8 Å². The fourth-order valence-corrected chi connectivity index (χ4v) is 3.16. The van der Waals surface area contributed by atoms with E-state index in [1.165, 1.54) is 11.3 Å². The van der Waals surface area contributed by atoms with Crippen LogP contribution in [0, 0.1) is 0 Å². The molecule has 0 atom stereocenters. The van der Waals surface area contributed by atoms with E-state index in [-0.39, 0.29) is 11.8 Å². The molecule has 1 aromatic carbocycles. The minimum absolute atomic E-state index is 0.209. The number of likely N-dealkylation sites (tertiary alicyclic amines) is 1. The molecular formula is C16H17N3O2S. The number of hydrogen-bond donors (Lipinski definition) is 0. The second-order valence-electron chi connectivity index (χ2n) is 5.33. The molecule has 1 fully saturated rings. The third-order valence-electron chi connectivity index (χ3n) is 3.70. The lowest BCUT2D eigenvalue weighted by atomic mass is 10.1. The number of hydrogen-bond acceptors (Lipinski definition) is 3. The Morgan fingerprint density at radius 1 is 1.32 bits per heavy atom. The number of carbonyl (C=O) groups is 2. The predicted molar refractivity (Wildman–Crippen MR) is 84.3 cm³/mol. The summed E-state index contributed by atoms with van der Waals surface area (Å²) in [4.78, 5) is 30.4. The molecule has 2 aromatic rings. The number of nitrogens with zero attached hydrogens (tertiary/aromatic N) is 3. The van der Waals surface area contributed by atoms with Crippen molar-refractivity contribution in [3.05, 3.63) is 51.8 Å². The van der Waals surface area contributed by atoms with E-state index in [1.807, 2.05) is 40.2 Å². The zero-order valence-corrected chi connectivity index (χ0v) is 13.2. The third-order valence-corrected chi connectivity index (χ3v) is 4.55. The molecule has 5 nitrogen and oxygen atoms in total. The molecule has 0 bridgehead atoms. The summed E-state index contributed by atoms with van der Waals surface area (Å²) in [7, 11) is 1.86. The molecular weight excluding hydrogens is 298 g/mol. The average Bonchev–Trinajstić information content (AvgIpc) is 3.09. The summed E-state index contributed by atoms with van der Waals surface area (Å²) in [5.41, 5.74) is 1.60. The standard InChI is InChI=1S/C16H17N3O2S/c1-18-9-10-22-16(18)17-15(21)13-6-4-12(5-7-13)11-19-8-2-3-14(19)20/h4-7,9-10H,2-3,8,11H2,1H3. The molecule has 2 amide bonds. The second kappa shape index (κ2) is 6.27. The van der Waals surface area contributed by atoms with Gasteiger partial charge in [0.25, 0.3) is 5.91 Å². The first-order valence-electron chi connectivity index (χ1n) is 7.19. The van der Waals surface area contributed by atoms with Gasteiger partial charge in [0.2, 0.25) is 5.91 Å². The maximum absolute atomic E-state index is 12.1. The molecule has 114 valence electrons. The Morgan fingerprint density at radius 2 is 2.09 bits per heavy atom. The van der Waals surface area contributed by atoms with Crippen molar-refractivity contribution in [1.82, 2.24) is 9.47 Å². The van der Waals surface area contributed by atoms with Gasteiger partial charge in [0.15, 0.2) is 4.80 Å². The van der Waals surface area contributed by atoms with Crippen LogP contribution in [0.25, 0.3) is 0 Å². The quantitative estimate of drug-likeness (QED) is 0.869. The van der Waals surface area contributed by atoms with E-state index in [2.05, 4.69) is 4.99 Å². The number of benzene rings is 1. The summed E-state index contributed by atoms with van der Waals surface area (Å²) < 4.78 is 1.82. The van der Waals surface area contributed by atoms with Crippen LogP contribution < -0.4 is 4.80 Å². The number of amides is 2. The van der Waals surface area contributed by atoms with Gasteiger partial charge >= 0.3 is 0 Å². The van der Waals surface area contributed by atoms with E-state index >= 15 is 0 Å². The molecule has 22 heavy (non-hydrogen) atoms. The van der Waals surface area contributed by atoms with Gasteiger partial charge in [-0.3, -0.25) is 9.59 Å². The summed E-state index contributed by atoms with van der Waals surface area (Å²) in [5.74, 6) is -0.0396. The van der Waals surface area contributed by atoms with Crippen LogP contribution in [-0.4, -0.2) is 27.8 Å². The van der Waals surface area contributed by atoms with Crippen LogP contribution in [-0.2, 0) is 18.4 Å². The summed E-state index contributed by atoms with van der Waals surface area (Å²) in [6, 6.07) is 7.33. The number of thiazole rings is 1. The first kappa shape index (κ1) is 14.7. The summed E-state index contributed by atoms with van der Waals surface area (Å²) in [6.07, 6.45) is 3.45. The first-order chi connectivity index (χ1) is 10.6. The number of aromatic nitrogens is 1. The van der Waals surface area contributed by atoms with Crippen LogP contribution in [0.2, 0.25) is 0 Å². The van der Waals surface area contributed by atoms with Gasteiger partial charge < -0.3 is 9.47 Å². The summed E-state index contributed by atoms with van der Waals surface area (Å²) in [6.45, 7) is 1.44. The second-order valence-corrected chi connectivity index (χ2v) is 6.20. The Kier molecular flexibility index (Phi) is 4.20. The Morgan fingerprint density at radius 3 is 2.68 bits per heavy atom. The molecule has 2 heterocycles. The van der Waals surface area contributed by atoms with E-state index in [0.717, 1.165) is 18.5 Å². The minimum Gasteiger partial charge on any atom is -0.338 e. The van der Waals surface area contributed by atoms with Gasteiger partial charge in [-0.25, -0.2) is 0 Å². The fourth-order valence-electron chi connectivity index (χ4n) is 2.43. The lowest BCUT2D eigenvalue weighted by Crippen LogP contribution is -2.23. The van der Waals surface area contributed by atoms with Gasteiger partial charge in [-0.2, -0.15) is 4.99 Å². The van der Waals surface area contributed by atoms with Gasteiger partial charge in [0.05, 0.1) is 0 Å². The molecule has 1 saturated heterocycles. The topological polar surface area (TPSA) is 54.7 Å². The molecule has 1 aliphatic rings. The zero-order valence-electron chi connectivity index (χ0n) is 12.4. The minimum atomic E-state index is -0.248. The third kappa shape index (κ3) is 3.17. The molecule has 3 rings (SSSR count). The highest BCUT2D eigenvalue weighted by Crippen LogP contribution is 2.15. The summed E-state index contributed by atoms with van der Waals surface area (Å²) >= 11 is 1.43. The zero-order chi connectivity index (χ0) is 15.5. The molecule has 0 unspecified atom stereocenters. The molecule has 6 heteroatoms. The van der Waals surface area contributed by atoms with Crippen molar-refractivity contribution in [3.8, 4) is 0 Å². The van der Waals surface area contributed by atoms with Crippen LogP contribution in [0.3, 0.4) is 0 Å². The Labute approximate surface area is 132 Å². The van der Waals surface area contributed by atoms with Crippen molar-refractivity contribution in [2.75, 3.05) is 6.54 Å². The van der Waals surface area contributed by atoms with E-state index < -0.39 is 0 Å². The number of carbonyl (C=O) groups excluding carboxylic acids is 2. The molecule has 1 aromatic heterocycles. The lowest BCUT2D eigenvalue weighted by Gasteiger charge is -2.15. The van der Waals surface area contributed by atoms with Gasteiger partial charge in [0, 0.05) is 43.7 Å². The van der Waals surface area contributed by atoms with Crippen LogP contribution in [0.15, 0.2) is 40.8 Å². The lowest BCUT2D eigenvalue weighted by molar-refractivity contribution is -0.128. The molecule has 0 radical (unpaired) electrons.